The van der Waals surface area contributed by atoms with Crippen molar-refractivity contribution in [1.29, 1.82) is 0 Å². The maximum atomic E-state index is 12.5. The van der Waals surface area contributed by atoms with Crippen molar-refractivity contribution in [3.8, 4) is 0 Å². The van der Waals surface area contributed by atoms with E-state index < -0.39 is 7.26 Å². The Bertz CT molecular complexity index is 1380. The fourth-order valence-electron chi connectivity index (χ4n) is 5.32. The molecule has 1 fully saturated rings. The Labute approximate surface area is 199 Å². The number of aryl methyl sites for hydroxylation is 1. The molecule has 170 valence electrons. The molecular weight excluding hydrogens is 437 g/mol. The summed E-state index contributed by atoms with van der Waals surface area (Å²) in [5.74, 6) is 0. The standard InChI is InChI=1S/C29H28N3OP/c33-29-31-27-21-30-22(20-28(27)32(29)23-16-17-23)18-19-34(24-10-4-1-5-11-24,25-12-6-2-7-13-25)26-14-8-3-9-15-26/h1-15,20-21,23,34H,16-19H2,(H,31,33). The van der Waals surface area contributed by atoms with E-state index >= 15 is 0 Å². The number of nitrogens with one attached hydrogen (secondary N) is 1. The molecule has 0 spiro atoms. The SMILES string of the molecule is O=c1[nH]c2cnc(CC[PH](c3ccccc3)(c3ccccc3)c3ccccc3)cc2n1C1CC1. The zero-order valence-electron chi connectivity index (χ0n) is 19.0. The predicted molar refractivity (Wildman–Crippen MR) is 144 cm³/mol. The molecule has 2 aromatic heterocycles. The van der Waals surface area contributed by atoms with Crippen molar-refractivity contribution in [2.24, 2.45) is 0 Å². The predicted octanol–water partition coefficient (Wildman–Crippen LogP) is 4.33. The Balaban J connectivity index is 1.47. The van der Waals surface area contributed by atoms with E-state index in [-0.39, 0.29) is 5.69 Å². The van der Waals surface area contributed by atoms with Crippen molar-refractivity contribution in [2.45, 2.75) is 25.3 Å². The van der Waals surface area contributed by atoms with Crippen LogP contribution < -0.4 is 21.6 Å². The third-order valence-electron chi connectivity index (χ3n) is 7.13. The number of H-pyrrole nitrogens is 1. The Kier molecular flexibility index (Phi) is 5.39. The molecule has 0 aliphatic heterocycles. The van der Waals surface area contributed by atoms with Crippen LogP contribution in [0.25, 0.3) is 11.0 Å². The first-order valence-corrected chi connectivity index (χ1v) is 14.2. The number of hydrogen-bond donors (Lipinski definition) is 1. The molecule has 1 aliphatic rings. The summed E-state index contributed by atoms with van der Waals surface area (Å²) in [5.41, 5.74) is 2.85. The van der Waals surface area contributed by atoms with E-state index in [0.29, 0.717) is 6.04 Å². The van der Waals surface area contributed by atoms with Gasteiger partial charge in [0, 0.05) is 0 Å². The van der Waals surface area contributed by atoms with Crippen molar-refractivity contribution in [3.63, 3.8) is 0 Å². The van der Waals surface area contributed by atoms with Crippen molar-refractivity contribution in [3.05, 3.63) is 119 Å². The van der Waals surface area contributed by atoms with Crippen molar-refractivity contribution in [1.82, 2.24) is 14.5 Å². The van der Waals surface area contributed by atoms with Crippen molar-refractivity contribution in [2.75, 3.05) is 6.16 Å². The number of fused-ring (bicyclic) bond motifs is 1. The zero-order valence-corrected chi connectivity index (χ0v) is 20.0. The molecule has 2 heterocycles. The van der Waals surface area contributed by atoms with E-state index in [1.807, 2.05) is 10.8 Å². The van der Waals surface area contributed by atoms with E-state index in [9.17, 15) is 4.79 Å². The summed E-state index contributed by atoms with van der Waals surface area (Å²) in [5, 5.41) is 4.22. The molecule has 5 heteroatoms. The maximum absolute atomic E-state index is 12.5. The van der Waals surface area contributed by atoms with Gasteiger partial charge in [0.1, 0.15) is 0 Å². The number of rotatable bonds is 7. The number of pyridine rings is 1. The van der Waals surface area contributed by atoms with Gasteiger partial charge in [-0.3, -0.25) is 0 Å². The summed E-state index contributed by atoms with van der Waals surface area (Å²) in [6.45, 7) is 0. The molecule has 4 nitrogen and oxygen atoms in total. The summed E-state index contributed by atoms with van der Waals surface area (Å²) in [6.07, 6.45) is 5.85. The van der Waals surface area contributed by atoms with Crippen molar-refractivity contribution < 1.29 is 0 Å². The first-order valence-electron chi connectivity index (χ1n) is 12.0. The van der Waals surface area contributed by atoms with Gasteiger partial charge in [-0.05, 0) is 0 Å². The summed E-state index contributed by atoms with van der Waals surface area (Å²) in [7, 11) is -2.31. The van der Waals surface area contributed by atoms with Crippen LogP contribution in [0.2, 0.25) is 0 Å². The van der Waals surface area contributed by atoms with Gasteiger partial charge in [0.05, 0.1) is 0 Å². The number of aromatic nitrogens is 3. The van der Waals surface area contributed by atoms with Gasteiger partial charge in [-0.15, -0.1) is 0 Å². The van der Waals surface area contributed by atoms with E-state index in [1.165, 1.54) is 15.9 Å². The van der Waals surface area contributed by atoms with Crippen LogP contribution in [0.5, 0.6) is 0 Å². The molecule has 3 aromatic carbocycles. The van der Waals surface area contributed by atoms with Gasteiger partial charge in [0.2, 0.25) is 0 Å². The minimum absolute atomic E-state index is 0.0157. The molecule has 0 bridgehead atoms. The Hall–Kier alpha value is -3.49. The van der Waals surface area contributed by atoms with Crippen LogP contribution in [0, 0.1) is 0 Å². The van der Waals surface area contributed by atoms with Gasteiger partial charge < -0.3 is 0 Å². The topological polar surface area (TPSA) is 50.7 Å². The molecule has 5 aromatic rings. The minimum atomic E-state index is -2.31. The molecule has 0 unspecified atom stereocenters. The number of aromatic amines is 1. The fourth-order valence-corrected chi connectivity index (χ4v) is 10.1. The number of nitrogens with zero attached hydrogens (tertiary/aromatic N) is 2. The molecule has 1 aliphatic carbocycles. The van der Waals surface area contributed by atoms with Crippen LogP contribution in [0.1, 0.15) is 24.6 Å². The number of imidazole rings is 1. The van der Waals surface area contributed by atoms with Crippen LogP contribution in [0.4, 0.5) is 0 Å². The Morgan fingerprint density at radius 1 is 0.824 bits per heavy atom. The first-order chi connectivity index (χ1) is 16.8. The molecule has 1 N–H and O–H groups in total. The van der Waals surface area contributed by atoms with Gasteiger partial charge in [0.25, 0.3) is 0 Å². The molecular formula is C29H28N3OP. The van der Waals surface area contributed by atoms with Crippen molar-refractivity contribution >= 4 is 34.2 Å². The van der Waals surface area contributed by atoms with E-state index in [0.717, 1.165) is 42.2 Å². The Morgan fingerprint density at radius 3 is 1.85 bits per heavy atom. The molecule has 0 radical (unpaired) electrons. The quantitative estimate of drug-likeness (QED) is 0.364. The van der Waals surface area contributed by atoms with Crippen LogP contribution in [0.3, 0.4) is 0 Å². The van der Waals surface area contributed by atoms with E-state index in [4.69, 9.17) is 4.98 Å². The number of benzene rings is 3. The summed E-state index contributed by atoms with van der Waals surface area (Å²) in [6, 6.07) is 35.4. The molecule has 0 saturated heterocycles. The summed E-state index contributed by atoms with van der Waals surface area (Å²) in [4.78, 5) is 20.2. The molecule has 0 atom stereocenters. The van der Waals surface area contributed by atoms with Crippen LogP contribution in [0.15, 0.2) is 108 Å². The third-order valence-corrected chi connectivity index (χ3v) is 12.1. The first kappa shape index (κ1) is 21.1. The fraction of sp³-hybridized carbons (Fsp3) is 0.172. The van der Waals surface area contributed by atoms with Gasteiger partial charge in [-0.25, -0.2) is 0 Å². The number of hydrogen-bond acceptors (Lipinski definition) is 2. The van der Waals surface area contributed by atoms with E-state index in [1.54, 1.807) is 0 Å². The third kappa shape index (κ3) is 3.69. The Morgan fingerprint density at radius 2 is 1.35 bits per heavy atom. The van der Waals surface area contributed by atoms with Crippen LogP contribution in [-0.2, 0) is 6.42 Å². The van der Waals surface area contributed by atoms with Gasteiger partial charge in [0.15, 0.2) is 0 Å². The average molecular weight is 466 g/mol. The average Bonchev–Trinajstić information content (AvgIpc) is 3.68. The zero-order chi connectivity index (χ0) is 23.0. The molecule has 0 amide bonds. The second kappa shape index (κ2) is 8.70. The summed E-state index contributed by atoms with van der Waals surface area (Å²) >= 11 is 0. The molecule has 34 heavy (non-hydrogen) atoms. The van der Waals surface area contributed by atoms with E-state index in [2.05, 4.69) is 102 Å². The molecule has 6 rings (SSSR count). The van der Waals surface area contributed by atoms with Gasteiger partial charge in [-0.2, -0.15) is 0 Å². The molecule has 1 saturated carbocycles. The second-order valence-electron chi connectivity index (χ2n) is 9.23. The summed E-state index contributed by atoms with van der Waals surface area (Å²) < 4.78 is 1.93. The second-order valence-corrected chi connectivity index (χ2v) is 13.3. The monoisotopic (exact) mass is 465 g/mol. The van der Waals surface area contributed by atoms with Gasteiger partial charge in [-0.1, -0.05) is 0 Å². The normalized spacial score (nSPS) is 14.4. The van der Waals surface area contributed by atoms with Gasteiger partial charge >= 0.3 is 200 Å². The van der Waals surface area contributed by atoms with Crippen LogP contribution >= 0.6 is 7.26 Å². The van der Waals surface area contributed by atoms with Crippen LogP contribution in [-0.4, -0.2) is 20.7 Å².